The number of carbonyl (C=O) groups excluding carboxylic acids is 7. The van der Waals surface area contributed by atoms with E-state index in [1.165, 1.54) is 12.1 Å². The summed E-state index contributed by atoms with van der Waals surface area (Å²) in [4.78, 5) is 180. The number of aliphatic hydroxyl groups excluding tert-OH is 1. The van der Waals surface area contributed by atoms with Crippen LogP contribution in [0.1, 0.15) is 129 Å². The van der Waals surface area contributed by atoms with Gasteiger partial charge in [-0.1, -0.05) is 53.7 Å². The summed E-state index contributed by atoms with van der Waals surface area (Å²) < 4.78 is 21.8. The van der Waals surface area contributed by atoms with E-state index < -0.39 is 197 Å². The molecule has 98 heavy (non-hydrogen) atoms. The van der Waals surface area contributed by atoms with E-state index in [0.29, 0.717) is 5.19 Å². The van der Waals surface area contributed by atoms with Crippen molar-refractivity contribution in [1.29, 1.82) is 0 Å². The molecule has 0 bridgehead atoms. The number of rotatable bonds is 41. The van der Waals surface area contributed by atoms with Crippen LogP contribution in [0.2, 0.25) is 10.1 Å². The molecule has 5 atom stereocenters. The fraction of sp³-hybridized carbons (Fsp3) is 0.672. The monoisotopic (exact) mass is 1420 g/mol. The van der Waals surface area contributed by atoms with E-state index in [-0.39, 0.29) is 123 Å². The number of amides is 7. The molecule has 35 nitrogen and oxygen atoms in total. The summed E-state index contributed by atoms with van der Waals surface area (Å²) in [6, 6.07) is 0.243. The Morgan fingerprint density at radius 1 is 0.480 bits per heavy atom. The van der Waals surface area contributed by atoms with Crippen LogP contribution in [0.4, 0.5) is 8.90 Å². The first-order chi connectivity index (χ1) is 45.7. The molecule has 1 aliphatic rings. The molecule has 1 heterocycles. The number of nitrogens with zero attached hydrogens (tertiary/aromatic N) is 4. The van der Waals surface area contributed by atoms with Crippen molar-refractivity contribution in [2.24, 2.45) is 0 Å². The highest BCUT2D eigenvalue weighted by molar-refractivity contribution is 6.90. The molecule has 0 radical (unpaired) electrons. The van der Waals surface area contributed by atoms with Gasteiger partial charge in [0.25, 0.3) is 14.3 Å². The van der Waals surface area contributed by atoms with Crippen LogP contribution in [0.15, 0.2) is 24.3 Å². The van der Waals surface area contributed by atoms with E-state index in [2.05, 4.69) is 36.6 Å². The molecule has 16 N–H and O–H groups in total. The lowest BCUT2D eigenvalue weighted by Gasteiger charge is -2.44. The molecule has 0 spiro atoms. The van der Waals surface area contributed by atoms with Crippen LogP contribution in [0, 0.1) is 0 Å². The van der Waals surface area contributed by atoms with Crippen LogP contribution >= 0.6 is 0 Å². The van der Waals surface area contributed by atoms with Crippen molar-refractivity contribution in [2.45, 2.75) is 165 Å². The number of hydrogen-bond acceptors (Lipinski definition) is 21. The normalized spacial score (nSPS) is 15.6. The van der Waals surface area contributed by atoms with Crippen molar-refractivity contribution in [2.75, 3.05) is 98.2 Å². The maximum absolute atomic E-state index is 17.2. The summed E-state index contributed by atoms with van der Waals surface area (Å²) in [6.07, 6.45) is -8.44. The highest BCUT2D eigenvalue weighted by atomic mass is 28.4. The Morgan fingerprint density at radius 2 is 0.929 bits per heavy atom. The molecular weight excluding hydrogens is 1320 g/mol. The van der Waals surface area contributed by atoms with Crippen LogP contribution in [0.3, 0.4) is 0 Å². The van der Waals surface area contributed by atoms with Crippen LogP contribution in [-0.2, 0) is 62.3 Å². The molecule has 1 aliphatic heterocycles. The summed E-state index contributed by atoms with van der Waals surface area (Å²) in [6.45, 7) is 9.46. The number of aliphatic hydroxyl groups is 2. The molecule has 2 rings (SSSR count). The van der Waals surface area contributed by atoms with E-state index >= 15 is 4.11 Å². The van der Waals surface area contributed by atoms with Crippen LogP contribution < -0.4 is 42.4 Å². The summed E-state index contributed by atoms with van der Waals surface area (Å²) in [5, 5.41) is 102. The number of aliphatic carboxylic acids is 7. The average Bonchev–Trinajstić information content (AvgIpc) is 0.749. The zero-order chi connectivity index (χ0) is 74.1. The van der Waals surface area contributed by atoms with Crippen molar-refractivity contribution in [3.63, 3.8) is 0 Å². The van der Waals surface area contributed by atoms with Crippen molar-refractivity contribution >= 4 is 96.9 Å². The predicted molar refractivity (Wildman–Crippen MR) is 347 cm³/mol. The molecule has 0 aromatic heterocycles. The van der Waals surface area contributed by atoms with Gasteiger partial charge in [-0.15, -0.1) is 0 Å². The Bertz CT molecular complexity index is 2830. The van der Waals surface area contributed by atoms with Gasteiger partial charge in [-0.3, -0.25) is 67.5 Å². The number of carbonyl (C=O) groups is 14. The summed E-state index contributed by atoms with van der Waals surface area (Å²) >= 11 is 0. The molecule has 1 saturated heterocycles. The number of benzene rings is 1. The van der Waals surface area contributed by atoms with Gasteiger partial charge in [0.05, 0.1) is 26.2 Å². The van der Waals surface area contributed by atoms with E-state index in [1.807, 2.05) is 46.9 Å². The summed E-state index contributed by atoms with van der Waals surface area (Å²) in [5.41, 5.74) is 0.105. The average molecular weight is 1420 g/mol. The number of ether oxygens (including phenoxy) is 1. The largest absolute Gasteiger partial charge is 0.481 e. The smallest absolute Gasteiger partial charge is 0.408 e. The minimum absolute atomic E-state index is 0.0131. The Hall–Kier alpha value is -8.49. The second kappa shape index (κ2) is 42.3. The SMILES string of the molecule is CC(C)(C)[Si](F)(c1ccc(C(=O)NC[C@@H](NC(=O)CN2CCN(CC(=O)O)CCN(CC(=O)O)CCN(CC(=O)O)CC2)C(=O)N[C@H](CCCCNC(=O)CCC(=O)NCCC[C@@H](NC(=O)CC[C@H](NC(=O)O[C@@H](CCC(=O)O)C(=O)O)C(=O)O)C(=O)O)CC(O)O)cc1)C(C)(C)C. The van der Waals surface area contributed by atoms with Gasteiger partial charge in [-0.25, -0.2) is 19.2 Å². The molecule has 0 saturated carbocycles. The minimum Gasteiger partial charge on any atom is -0.481 e. The van der Waals surface area contributed by atoms with Crippen LogP contribution in [0.5, 0.6) is 0 Å². The summed E-state index contributed by atoms with van der Waals surface area (Å²) in [5.74, 6) is -14.0. The lowest BCUT2D eigenvalue weighted by atomic mass is 10.0. The Kier molecular flexibility index (Phi) is 37.0. The zero-order valence-electron chi connectivity index (χ0n) is 56.2. The summed E-state index contributed by atoms with van der Waals surface area (Å²) in [7, 11) is -3.73. The minimum atomic E-state index is -3.73. The maximum Gasteiger partial charge on any atom is 0.408 e. The fourth-order valence-corrected chi connectivity index (χ4v) is 15.5. The van der Waals surface area contributed by atoms with E-state index in [0.717, 1.165) is 0 Å². The first-order valence-corrected chi connectivity index (χ1v) is 33.9. The third-order valence-electron chi connectivity index (χ3n) is 15.8. The number of alkyl carbamates (subject to hydrolysis) is 1. The van der Waals surface area contributed by atoms with Gasteiger partial charge < -0.3 is 92.0 Å². The van der Waals surface area contributed by atoms with E-state index in [9.17, 15) is 108 Å². The molecule has 7 amide bonds. The Labute approximate surface area is 567 Å². The Balaban J connectivity index is 2.13. The number of nitrogens with one attached hydrogen (secondary N) is 7. The molecule has 0 aliphatic carbocycles. The first-order valence-electron chi connectivity index (χ1n) is 32.0. The van der Waals surface area contributed by atoms with Gasteiger partial charge in [0.1, 0.15) is 18.1 Å². The number of carboxylic acid groups (broad SMARTS) is 7. The number of unbranched alkanes of at least 4 members (excludes halogenated alkanes) is 1. The Morgan fingerprint density at radius 3 is 1.36 bits per heavy atom. The number of halogens is 1. The van der Waals surface area contributed by atoms with Gasteiger partial charge in [0, 0.05) is 122 Å². The fourth-order valence-electron chi connectivity index (χ4n) is 10.9. The third-order valence-corrected chi connectivity index (χ3v) is 21.1. The lowest BCUT2D eigenvalue weighted by Crippen LogP contribution is -2.58. The molecule has 1 fully saturated rings. The van der Waals surface area contributed by atoms with Gasteiger partial charge in [0.15, 0.2) is 6.29 Å². The topological polar surface area (TPSA) is 527 Å². The number of hydrogen-bond donors (Lipinski definition) is 16. The van der Waals surface area contributed by atoms with E-state index in [1.54, 1.807) is 31.7 Å². The second-order valence-corrected chi connectivity index (χ2v) is 30.7. The van der Waals surface area contributed by atoms with Crippen molar-refractivity contribution < 1.29 is 122 Å². The zero-order valence-corrected chi connectivity index (χ0v) is 57.2. The highest BCUT2D eigenvalue weighted by Crippen LogP contribution is 2.51. The van der Waals surface area contributed by atoms with Gasteiger partial charge in [-0.05, 0) is 65.9 Å². The number of carboxylic acids is 7. The van der Waals surface area contributed by atoms with E-state index in [4.69, 9.17) is 5.11 Å². The van der Waals surface area contributed by atoms with Gasteiger partial charge in [0.2, 0.25) is 35.6 Å². The van der Waals surface area contributed by atoms with Gasteiger partial charge >= 0.3 is 47.9 Å². The highest BCUT2D eigenvalue weighted by Gasteiger charge is 2.56. The van der Waals surface area contributed by atoms with Crippen LogP contribution in [-0.4, -0.2) is 292 Å². The third kappa shape index (κ3) is 33.2. The predicted octanol–water partition coefficient (Wildman–Crippen LogP) is -1.91. The van der Waals surface area contributed by atoms with Gasteiger partial charge in [-0.2, -0.15) is 0 Å². The molecule has 1 aromatic carbocycles. The lowest BCUT2D eigenvalue weighted by molar-refractivity contribution is -0.148. The van der Waals surface area contributed by atoms with Crippen molar-refractivity contribution in [1.82, 2.24) is 56.8 Å². The molecule has 1 aromatic rings. The first kappa shape index (κ1) is 85.6. The second-order valence-electron chi connectivity index (χ2n) is 25.8. The maximum atomic E-state index is 17.2. The van der Waals surface area contributed by atoms with Crippen molar-refractivity contribution in [3.8, 4) is 0 Å². The van der Waals surface area contributed by atoms with Crippen molar-refractivity contribution in [3.05, 3.63) is 29.8 Å². The standard InChI is InChI=1S/C61H98FN11O24Si/c1-60(2,3)98(62,61(4,5)6)40-14-12-38(13-15-40)54(88)65-33-43(68-48(77)34-70-24-26-71(35-51(82)83)28-30-73(37-53(86)87)31-29-72(27-25-70)36-52(84)85)55(89)66-39(32-50(80)81)10-7-8-22-63-45(74)19-20-46(75)64-23-9-11-41(56(90)91)67-47(76)18-16-42(57(92)93)69-59(96)97-44(58(94)95)17-21-49(78)79/h12-15,39,41-44,50,80-81H,7-11,16-37H2,1-6H3,(H,63,74)(H,64,75)(H,65,88)(H,66,89)(H,67,76)(H,68,77)(H,69,96)(H,78,79)(H,82,83)(H,84,85)(H,86,87)(H,90,91)(H,92,93)(H,94,95)/t39-,41-,42+,43-,44+/m1/s1. The molecule has 552 valence electrons. The van der Waals surface area contributed by atoms with Crippen LogP contribution in [0.25, 0.3) is 0 Å². The molecule has 37 heteroatoms. The molecule has 0 unspecified atom stereocenters. The molecular formula is C61H98FN11O24Si. The quantitative estimate of drug-likeness (QED) is 0.0147.